The van der Waals surface area contributed by atoms with Gasteiger partial charge in [-0.1, -0.05) is 6.92 Å². The van der Waals surface area contributed by atoms with Crippen molar-refractivity contribution in [2.24, 2.45) is 17.6 Å². The molecule has 3 heterocycles. The number of hydrogen-bond acceptors (Lipinski definition) is 4. The normalized spacial score (nSPS) is 34.0. The van der Waals surface area contributed by atoms with E-state index in [4.69, 9.17) is 10.5 Å². The van der Waals surface area contributed by atoms with Gasteiger partial charge in [0.2, 0.25) is 0 Å². The summed E-state index contributed by atoms with van der Waals surface area (Å²) >= 11 is 0. The molecule has 0 saturated carbocycles. The highest BCUT2D eigenvalue weighted by atomic mass is 16.5. The van der Waals surface area contributed by atoms with Crippen molar-refractivity contribution in [1.82, 2.24) is 9.80 Å². The molecular weight excluding hydrogens is 290 g/mol. The van der Waals surface area contributed by atoms with Gasteiger partial charge in [-0.15, -0.1) is 0 Å². The number of amides is 1. The molecule has 3 rings (SSSR count). The van der Waals surface area contributed by atoms with Crippen LogP contribution in [0, 0.1) is 11.8 Å². The third kappa shape index (κ3) is 4.46. The fourth-order valence-corrected chi connectivity index (χ4v) is 4.29. The minimum atomic E-state index is -0.238. The average Bonchev–Trinajstić information content (AvgIpc) is 3.06. The van der Waals surface area contributed by atoms with E-state index in [1.165, 1.54) is 32.4 Å². The third-order valence-corrected chi connectivity index (χ3v) is 5.87. The number of nitrogens with zero attached hydrogens (tertiary/aromatic N) is 2. The van der Waals surface area contributed by atoms with E-state index in [1.807, 2.05) is 0 Å². The number of ether oxygens (including phenoxy) is 1. The van der Waals surface area contributed by atoms with Gasteiger partial charge >= 0.3 is 0 Å². The highest BCUT2D eigenvalue weighted by Gasteiger charge is 2.35. The van der Waals surface area contributed by atoms with Gasteiger partial charge in [0.05, 0.1) is 6.10 Å². The first kappa shape index (κ1) is 17.2. The molecule has 3 fully saturated rings. The number of likely N-dealkylation sites (tertiary alicyclic amines) is 2. The largest absolute Gasteiger partial charge is 0.364 e. The summed E-state index contributed by atoms with van der Waals surface area (Å²) in [5.74, 6) is 1.72. The molecule has 3 aliphatic heterocycles. The topological polar surface area (TPSA) is 58.8 Å². The van der Waals surface area contributed by atoms with Crippen LogP contribution in [0.4, 0.5) is 0 Å². The summed E-state index contributed by atoms with van der Waals surface area (Å²) in [6.07, 6.45) is 6.65. The Morgan fingerprint density at radius 1 is 1.13 bits per heavy atom. The maximum absolute atomic E-state index is 12.7. The zero-order valence-electron chi connectivity index (χ0n) is 14.6. The molecule has 3 saturated heterocycles. The van der Waals surface area contributed by atoms with Gasteiger partial charge in [0.1, 0.15) is 6.10 Å². The minimum absolute atomic E-state index is 0.0832. The predicted molar refractivity (Wildman–Crippen MR) is 91.1 cm³/mol. The Labute approximate surface area is 140 Å². The van der Waals surface area contributed by atoms with Gasteiger partial charge in [-0.05, 0) is 63.5 Å². The summed E-state index contributed by atoms with van der Waals surface area (Å²) in [6, 6.07) is 0. The predicted octanol–water partition coefficient (Wildman–Crippen LogP) is 1.46. The number of hydrogen-bond donors (Lipinski definition) is 1. The quantitative estimate of drug-likeness (QED) is 0.851. The van der Waals surface area contributed by atoms with Crippen LogP contribution in [0.1, 0.15) is 45.4 Å². The van der Waals surface area contributed by atoms with Crippen molar-refractivity contribution in [2.45, 2.75) is 57.7 Å². The SMILES string of the molecule is CC1CCN(CC2CCCN(C(=O)[C@@H]3CC[C@H](CN)O3)C2)CC1. The van der Waals surface area contributed by atoms with E-state index in [1.54, 1.807) is 0 Å². The zero-order valence-corrected chi connectivity index (χ0v) is 14.6. The molecule has 1 unspecified atom stereocenters. The lowest BCUT2D eigenvalue weighted by Gasteiger charge is -2.38. The number of carbonyl (C=O) groups excluding carboxylic acids is 1. The maximum atomic E-state index is 12.7. The highest BCUT2D eigenvalue weighted by molar-refractivity contribution is 5.81. The summed E-state index contributed by atoms with van der Waals surface area (Å²) < 4.78 is 5.80. The molecule has 0 aromatic rings. The van der Waals surface area contributed by atoms with Crippen LogP contribution < -0.4 is 5.73 Å². The van der Waals surface area contributed by atoms with Crippen LogP contribution in [-0.2, 0) is 9.53 Å². The summed E-state index contributed by atoms with van der Waals surface area (Å²) in [5, 5.41) is 0. The van der Waals surface area contributed by atoms with Gasteiger partial charge in [0.15, 0.2) is 0 Å². The monoisotopic (exact) mass is 323 g/mol. The molecular formula is C18H33N3O2. The molecule has 3 atom stereocenters. The molecule has 2 N–H and O–H groups in total. The molecule has 0 aliphatic carbocycles. The smallest absolute Gasteiger partial charge is 0.251 e. The summed E-state index contributed by atoms with van der Waals surface area (Å²) in [4.78, 5) is 17.4. The lowest BCUT2D eigenvalue weighted by molar-refractivity contribution is -0.144. The van der Waals surface area contributed by atoms with Crippen molar-refractivity contribution < 1.29 is 9.53 Å². The van der Waals surface area contributed by atoms with Crippen molar-refractivity contribution in [3.63, 3.8) is 0 Å². The van der Waals surface area contributed by atoms with E-state index in [2.05, 4.69) is 16.7 Å². The number of piperidine rings is 2. The van der Waals surface area contributed by atoms with Crippen LogP contribution in [0.25, 0.3) is 0 Å². The fraction of sp³-hybridized carbons (Fsp3) is 0.944. The summed E-state index contributed by atoms with van der Waals surface area (Å²) in [7, 11) is 0. The van der Waals surface area contributed by atoms with Gasteiger partial charge in [0, 0.05) is 26.2 Å². The van der Waals surface area contributed by atoms with Crippen LogP contribution in [0.2, 0.25) is 0 Å². The van der Waals surface area contributed by atoms with Crippen molar-refractivity contribution in [3.05, 3.63) is 0 Å². The van der Waals surface area contributed by atoms with Crippen LogP contribution in [0.3, 0.4) is 0 Å². The number of carbonyl (C=O) groups is 1. The standard InChI is InChI=1S/C18H33N3O2/c1-14-6-9-20(10-7-14)12-15-3-2-8-21(13-15)18(22)17-5-4-16(11-19)23-17/h14-17H,2-13,19H2,1H3/t15?,16-,17+/m1/s1. The van der Waals surface area contributed by atoms with Crippen LogP contribution in [0.5, 0.6) is 0 Å². The van der Waals surface area contributed by atoms with Crippen molar-refractivity contribution >= 4 is 5.91 Å². The minimum Gasteiger partial charge on any atom is -0.364 e. The Hall–Kier alpha value is -0.650. The molecule has 1 amide bonds. The number of rotatable bonds is 4. The number of nitrogens with two attached hydrogens (primary N) is 1. The Morgan fingerprint density at radius 2 is 1.91 bits per heavy atom. The Kier molecular flexibility index (Phi) is 5.94. The molecule has 3 aliphatic rings. The second-order valence-electron chi connectivity index (χ2n) is 7.84. The first-order valence-corrected chi connectivity index (χ1v) is 9.52. The van der Waals surface area contributed by atoms with Gasteiger partial charge < -0.3 is 20.3 Å². The zero-order chi connectivity index (χ0) is 16.2. The molecule has 0 aromatic carbocycles. The van der Waals surface area contributed by atoms with Crippen molar-refractivity contribution in [3.8, 4) is 0 Å². The average molecular weight is 323 g/mol. The first-order valence-electron chi connectivity index (χ1n) is 9.52. The van der Waals surface area contributed by atoms with Gasteiger partial charge in [0.25, 0.3) is 5.91 Å². The van der Waals surface area contributed by atoms with Crippen molar-refractivity contribution in [2.75, 3.05) is 39.3 Å². The van der Waals surface area contributed by atoms with E-state index in [-0.39, 0.29) is 18.1 Å². The molecule has 23 heavy (non-hydrogen) atoms. The van der Waals surface area contributed by atoms with Gasteiger partial charge in [-0.3, -0.25) is 4.79 Å². The Bertz CT molecular complexity index is 396. The van der Waals surface area contributed by atoms with E-state index < -0.39 is 0 Å². The molecule has 5 nitrogen and oxygen atoms in total. The summed E-state index contributed by atoms with van der Waals surface area (Å²) in [5.41, 5.74) is 5.66. The van der Waals surface area contributed by atoms with Crippen LogP contribution in [0.15, 0.2) is 0 Å². The lowest BCUT2D eigenvalue weighted by Crippen LogP contribution is -2.48. The van der Waals surface area contributed by atoms with Crippen LogP contribution >= 0.6 is 0 Å². The second kappa shape index (κ2) is 7.95. The van der Waals surface area contributed by atoms with Gasteiger partial charge in [-0.25, -0.2) is 0 Å². The van der Waals surface area contributed by atoms with E-state index in [9.17, 15) is 4.79 Å². The molecule has 0 spiro atoms. The van der Waals surface area contributed by atoms with E-state index in [0.29, 0.717) is 12.5 Å². The first-order chi connectivity index (χ1) is 11.2. The van der Waals surface area contributed by atoms with Crippen molar-refractivity contribution in [1.29, 1.82) is 0 Å². The molecule has 0 bridgehead atoms. The van der Waals surface area contributed by atoms with E-state index >= 15 is 0 Å². The molecule has 0 radical (unpaired) electrons. The Balaban J connectivity index is 1.47. The van der Waals surface area contributed by atoms with E-state index in [0.717, 1.165) is 44.8 Å². The lowest BCUT2D eigenvalue weighted by atomic mass is 9.94. The summed E-state index contributed by atoms with van der Waals surface area (Å²) in [6.45, 7) is 8.32. The Morgan fingerprint density at radius 3 is 2.61 bits per heavy atom. The fourth-order valence-electron chi connectivity index (χ4n) is 4.29. The van der Waals surface area contributed by atoms with Gasteiger partial charge in [-0.2, -0.15) is 0 Å². The molecule has 132 valence electrons. The highest BCUT2D eigenvalue weighted by Crippen LogP contribution is 2.25. The second-order valence-corrected chi connectivity index (χ2v) is 7.84. The molecule has 0 aromatic heterocycles. The third-order valence-electron chi connectivity index (χ3n) is 5.87. The van der Waals surface area contributed by atoms with Crippen LogP contribution in [-0.4, -0.2) is 67.2 Å². The maximum Gasteiger partial charge on any atom is 0.251 e. The molecule has 5 heteroatoms.